The monoisotopic (exact) mass is 933 g/mol. The van der Waals surface area contributed by atoms with Crippen LogP contribution in [0.1, 0.15) is 265 Å². The van der Waals surface area contributed by atoms with Crippen molar-refractivity contribution in [3.05, 3.63) is 85.1 Å². The van der Waals surface area contributed by atoms with E-state index < -0.39 is 6.10 Å². The highest BCUT2D eigenvalue weighted by Gasteiger charge is 2.19. The molecule has 0 spiro atoms. The molecule has 0 aromatic rings. The average Bonchev–Trinajstić information content (AvgIpc) is 3.33. The summed E-state index contributed by atoms with van der Waals surface area (Å²) in [6.45, 7) is 6.48. The van der Waals surface area contributed by atoms with Gasteiger partial charge in [-0.25, -0.2) is 0 Å². The summed E-state index contributed by atoms with van der Waals surface area (Å²) in [4.78, 5) is 38.1. The summed E-state index contributed by atoms with van der Waals surface area (Å²) >= 11 is 0. The third-order valence-electron chi connectivity index (χ3n) is 11.9. The fraction of sp³-hybridized carbons (Fsp3) is 0.721. The second kappa shape index (κ2) is 55.2. The molecule has 1 atom stereocenters. The first-order valence-electron chi connectivity index (χ1n) is 28.1. The molecule has 0 saturated heterocycles. The molecule has 0 rings (SSSR count). The Morgan fingerprint density at radius 1 is 0.313 bits per heavy atom. The van der Waals surface area contributed by atoms with Crippen molar-refractivity contribution in [2.75, 3.05) is 13.2 Å². The third-order valence-corrected chi connectivity index (χ3v) is 11.9. The van der Waals surface area contributed by atoms with Gasteiger partial charge >= 0.3 is 17.9 Å². The fourth-order valence-corrected chi connectivity index (χ4v) is 7.63. The maximum absolute atomic E-state index is 12.8. The van der Waals surface area contributed by atoms with Gasteiger partial charge in [-0.3, -0.25) is 14.4 Å². The second-order valence-corrected chi connectivity index (χ2v) is 18.5. The molecule has 0 heterocycles. The van der Waals surface area contributed by atoms with E-state index in [2.05, 4.69) is 106 Å². The normalized spacial score (nSPS) is 12.7. The smallest absolute Gasteiger partial charge is 0.306 e. The van der Waals surface area contributed by atoms with Crippen LogP contribution in [0.2, 0.25) is 0 Å². The van der Waals surface area contributed by atoms with Crippen molar-refractivity contribution >= 4 is 17.9 Å². The van der Waals surface area contributed by atoms with Crippen molar-refractivity contribution in [1.29, 1.82) is 0 Å². The van der Waals surface area contributed by atoms with Crippen molar-refractivity contribution < 1.29 is 28.6 Å². The van der Waals surface area contributed by atoms with Gasteiger partial charge < -0.3 is 14.2 Å². The number of carbonyl (C=O) groups is 3. The first-order valence-corrected chi connectivity index (χ1v) is 28.1. The number of esters is 3. The number of ether oxygens (including phenoxy) is 3. The number of hydrogen-bond donors (Lipinski definition) is 0. The minimum Gasteiger partial charge on any atom is -0.462 e. The topological polar surface area (TPSA) is 78.9 Å². The number of hydrogen-bond acceptors (Lipinski definition) is 6. The van der Waals surface area contributed by atoms with Crippen LogP contribution in [0.3, 0.4) is 0 Å². The molecule has 384 valence electrons. The minimum atomic E-state index is -0.798. The standard InChI is InChI=1S/C61H104O6/c1-4-7-10-13-16-19-22-25-28-29-30-31-34-36-39-42-45-48-51-54-60(63)66-57-58(67-61(64)55-52-49-46-43-40-37-33-27-24-21-18-15-12-9-6-3)56-65-59(62)53-50-47-44-41-38-35-32-26-23-20-17-14-11-8-5-2/h7,10,16,19,25-28,30-33,36,39,58H,4-6,8-9,11-15,17-18,20-24,29,34-35,37-38,40-57H2,1-3H3/b10-7-,19-16-,28-25-,31-30-,32-26-,33-27-,39-36-/t58-/m0/s1. The van der Waals surface area contributed by atoms with Crippen molar-refractivity contribution in [2.24, 2.45) is 0 Å². The molecule has 0 aliphatic heterocycles. The Morgan fingerprint density at radius 3 is 0.940 bits per heavy atom. The summed E-state index contributed by atoms with van der Waals surface area (Å²) in [5, 5.41) is 0. The Hall–Kier alpha value is -3.41. The molecule has 0 N–H and O–H groups in total. The molecule has 0 aliphatic carbocycles. The highest BCUT2D eigenvalue weighted by atomic mass is 16.6. The molecular weight excluding hydrogens is 829 g/mol. The summed E-state index contributed by atoms with van der Waals surface area (Å²) in [6.07, 6.45) is 71.4. The van der Waals surface area contributed by atoms with Crippen LogP contribution in [-0.4, -0.2) is 37.2 Å². The van der Waals surface area contributed by atoms with Crippen molar-refractivity contribution in [2.45, 2.75) is 271 Å². The summed E-state index contributed by atoms with van der Waals surface area (Å²) in [7, 11) is 0. The summed E-state index contributed by atoms with van der Waals surface area (Å²) in [5.41, 5.74) is 0. The van der Waals surface area contributed by atoms with E-state index in [1.807, 2.05) is 0 Å². The van der Waals surface area contributed by atoms with E-state index in [0.717, 1.165) is 116 Å². The molecule has 0 saturated carbocycles. The quantitative estimate of drug-likeness (QED) is 0.0262. The van der Waals surface area contributed by atoms with E-state index >= 15 is 0 Å². The lowest BCUT2D eigenvalue weighted by Crippen LogP contribution is -2.30. The predicted octanol–water partition coefficient (Wildman–Crippen LogP) is 18.8. The largest absolute Gasteiger partial charge is 0.462 e. The lowest BCUT2D eigenvalue weighted by atomic mass is 10.1. The zero-order valence-corrected chi connectivity index (χ0v) is 43.9. The second-order valence-electron chi connectivity index (χ2n) is 18.5. The number of allylic oxidation sites excluding steroid dienone is 14. The molecular formula is C61H104O6. The van der Waals surface area contributed by atoms with E-state index in [-0.39, 0.29) is 31.1 Å². The fourth-order valence-electron chi connectivity index (χ4n) is 7.63. The summed E-state index contributed by atoms with van der Waals surface area (Å²) < 4.78 is 16.8. The van der Waals surface area contributed by atoms with Crippen LogP contribution < -0.4 is 0 Å². The first kappa shape index (κ1) is 63.6. The van der Waals surface area contributed by atoms with Gasteiger partial charge in [-0.1, -0.05) is 215 Å². The third kappa shape index (κ3) is 53.4. The molecule has 6 heteroatoms. The molecule has 0 aromatic carbocycles. The van der Waals surface area contributed by atoms with Gasteiger partial charge in [-0.15, -0.1) is 0 Å². The van der Waals surface area contributed by atoms with Crippen LogP contribution in [0.4, 0.5) is 0 Å². The molecule has 0 unspecified atom stereocenters. The van der Waals surface area contributed by atoms with E-state index in [1.54, 1.807) is 0 Å². The highest BCUT2D eigenvalue weighted by molar-refractivity contribution is 5.71. The zero-order valence-electron chi connectivity index (χ0n) is 43.9. The van der Waals surface area contributed by atoms with E-state index in [9.17, 15) is 14.4 Å². The Balaban J connectivity index is 4.47. The lowest BCUT2D eigenvalue weighted by Gasteiger charge is -2.18. The van der Waals surface area contributed by atoms with E-state index in [0.29, 0.717) is 19.3 Å². The van der Waals surface area contributed by atoms with Gasteiger partial charge in [-0.2, -0.15) is 0 Å². The summed E-state index contributed by atoms with van der Waals surface area (Å²) in [5.74, 6) is -0.940. The Bertz CT molecular complexity index is 1300. The Kier molecular flexibility index (Phi) is 52.4. The molecule has 6 nitrogen and oxygen atoms in total. The van der Waals surface area contributed by atoms with Gasteiger partial charge in [0.2, 0.25) is 0 Å². The SMILES string of the molecule is CC/C=C\C/C=C\C/C=C\C/C=C\C/C=C\CCCCCC(=O)OC[C@H](COC(=O)CCCCCCC/C=C\CCCCCCCC)OC(=O)CCCCCCC/C=C\CCCCCCCC. The van der Waals surface area contributed by atoms with Gasteiger partial charge in [0.05, 0.1) is 0 Å². The van der Waals surface area contributed by atoms with Crippen LogP contribution in [0.15, 0.2) is 85.1 Å². The van der Waals surface area contributed by atoms with Gasteiger partial charge in [0.25, 0.3) is 0 Å². The average molecular weight is 933 g/mol. The van der Waals surface area contributed by atoms with Gasteiger partial charge in [-0.05, 0) is 116 Å². The maximum atomic E-state index is 12.8. The molecule has 0 fully saturated rings. The Morgan fingerprint density at radius 2 is 0.582 bits per heavy atom. The number of unbranched alkanes of at least 4 members (excludes halogenated alkanes) is 25. The van der Waals surface area contributed by atoms with Crippen LogP contribution in [0, 0.1) is 0 Å². The molecule has 0 aliphatic rings. The van der Waals surface area contributed by atoms with Crippen LogP contribution in [0.25, 0.3) is 0 Å². The molecule has 0 aromatic heterocycles. The number of carbonyl (C=O) groups excluding carboxylic acids is 3. The van der Waals surface area contributed by atoms with Crippen LogP contribution in [-0.2, 0) is 28.6 Å². The van der Waals surface area contributed by atoms with Crippen LogP contribution >= 0.6 is 0 Å². The van der Waals surface area contributed by atoms with Gasteiger partial charge in [0.15, 0.2) is 6.10 Å². The van der Waals surface area contributed by atoms with Gasteiger partial charge in [0.1, 0.15) is 13.2 Å². The minimum absolute atomic E-state index is 0.0947. The molecule has 67 heavy (non-hydrogen) atoms. The van der Waals surface area contributed by atoms with Crippen molar-refractivity contribution in [3.8, 4) is 0 Å². The first-order chi connectivity index (χ1) is 33.0. The zero-order chi connectivity index (χ0) is 48.6. The molecule has 0 bridgehead atoms. The summed E-state index contributed by atoms with van der Waals surface area (Å²) in [6, 6.07) is 0. The van der Waals surface area contributed by atoms with Crippen LogP contribution in [0.5, 0.6) is 0 Å². The maximum Gasteiger partial charge on any atom is 0.306 e. The van der Waals surface area contributed by atoms with E-state index in [4.69, 9.17) is 14.2 Å². The Labute approximate surface area is 414 Å². The lowest BCUT2D eigenvalue weighted by molar-refractivity contribution is -0.167. The van der Waals surface area contributed by atoms with E-state index in [1.165, 1.54) is 109 Å². The van der Waals surface area contributed by atoms with Crippen molar-refractivity contribution in [3.63, 3.8) is 0 Å². The van der Waals surface area contributed by atoms with Crippen molar-refractivity contribution in [1.82, 2.24) is 0 Å². The highest BCUT2D eigenvalue weighted by Crippen LogP contribution is 2.14. The molecule has 0 radical (unpaired) electrons. The van der Waals surface area contributed by atoms with Gasteiger partial charge in [0, 0.05) is 19.3 Å². The predicted molar refractivity (Wildman–Crippen MR) is 288 cm³/mol. The number of rotatable bonds is 50. The molecule has 0 amide bonds.